The third kappa shape index (κ3) is 3.16. The second-order valence-corrected chi connectivity index (χ2v) is 6.29. The smallest absolute Gasteiger partial charge is 0.257 e. The summed E-state index contributed by atoms with van der Waals surface area (Å²) in [6.45, 7) is 0. The Labute approximate surface area is 134 Å². The molecule has 0 saturated heterocycles. The largest absolute Gasteiger partial charge is 0.496 e. The summed E-state index contributed by atoms with van der Waals surface area (Å²) in [5, 5.41) is 0.623. The molecule has 2 aromatic carbocycles. The van der Waals surface area contributed by atoms with Gasteiger partial charge in [-0.25, -0.2) is 4.98 Å². The van der Waals surface area contributed by atoms with Crippen LogP contribution in [-0.4, -0.2) is 12.1 Å². The van der Waals surface area contributed by atoms with Gasteiger partial charge in [-0.3, -0.25) is 0 Å². The lowest BCUT2D eigenvalue weighted by Gasteiger charge is -2.07. The standard InChI is InChI=1S/C15H13BrN2O2S/c1-19-13-4-2-10(16)6-9(13)8-21-15-18-12-7-11(17)3-5-14(12)20-15/h2-7H,8,17H2,1H3. The zero-order valence-electron chi connectivity index (χ0n) is 11.3. The fraction of sp³-hybridized carbons (Fsp3) is 0.133. The molecule has 2 N–H and O–H groups in total. The van der Waals surface area contributed by atoms with Gasteiger partial charge in [-0.05, 0) is 36.4 Å². The predicted molar refractivity (Wildman–Crippen MR) is 88.7 cm³/mol. The van der Waals surface area contributed by atoms with Gasteiger partial charge in [0.1, 0.15) is 11.3 Å². The van der Waals surface area contributed by atoms with Crippen molar-refractivity contribution in [3.8, 4) is 5.75 Å². The molecule has 0 radical (unpaired) electrons. The molecule has 108 valence electrons. The number of anilines is 1. The molecule has 0 atom stereocenters. The Morgan fingerprint density at radius 1 is 1.29 bits per heavy atom. The van der Waals surface area contributed by atoms with Gasteiger partial charge in [0.15, 0.2) is 5.58 Å². The minimum atomic E-state index is 0.623. The summed E-state index contributed by atoms with van der Waals surface area (Å²) in [5.74, 6) is 1.57. The molecule has 0 aliphatic rings. The minimum absolute atomic E-state index is 0.623. The van der Waals surface area contributed by atoms with E-state index in [0.717, 1.165) is 26.9 Å². The summed E-state index contributed by atoms with van der Waals surface area (Å²) in [7, 11) is 1.67. The number of aromatic nitrogens is 1. The van der Waals surface area contributed by atoms with E-state index in [2.05, 4.69) is 20.9 Å². The van der Waals surface area contributed by atoms with E-state index in [9.17, 15) is 0 Å². The Kier molecular flexibility index (Phi) is 4.07. The van der Waals surface area contributed by atoms with Crippen molar-refractivity contribution in [2.45, 2.75) is 11.0 Å². The monoisotopic (exact) mass is 364 g/mol. The first-order valence-electron chi connectivity index (χ1n) is 6.27. The first-order chi connectivity index (χ1) is 10.2. The number of hydrogen-bond donors (Lipinski definition) is 1. The molecular weight excluding hydrogens is 352 g/mol. The minimum Gasteiger partial charge on any atom is -0.496 e. The van der Waals surface area contributed by atoms with Crippen molar-refractivity contribution in [1.29, 1.82) is 0 Å². The summed E-state index contributed by atoms with van der Waals surface area (Å²) in [6, 6.07) is 11.4. The van der Waals surface area contributed by atoms with Gasteiger partial charge in [0.2, 0.25) is 0 Å². The first kappa shape index (κ1) is 14.3. The van der Waals surface area contributed by atoms with Gasteiger partial charge < -0.3 is 14.9 Å². The Bertz CT molecular complexity index is 788. The number of halogens is 1. The highest BCUT2D eigenvalue weighted by molar-refractivity contribution is 9.10. The van der Waals surface area contributed by atoms with E-state index in [1.54, 1.807) is 13.2 Å². The fourth-order valence-corrected chi connectivity index (χ4v) is 3.21. The number of benzene rings is 2. The third-order valence-corrected chi connectivity index (χ3v) is 4.36. The topological polar surface area (TPSA) is 61.3 Å². The molecule has 0 aliphatic heterocycles. The maximum atomic E-state index is 5.74. The highest BCUT2D eigenvalue weighted by Crippen LogP contribution is 2.31. The number of hydrogen-bond acceptors (Lipinski definition) is 5. The SMILES string of the molecule is COc1ccc(Br)cc1CSc1nc2cc(N)ccc2o1. The maximum absolute atomic E-state index is 5.74. The molecule has 0 bridgehead atoms. The molecule has 3 aromatic rings. The third-order valence-electron chi connectivity index (χ3n) is 2.99. The number of thioether (sulfide) groups is 1. The molecular formula is C15H13BrN2O2S. The van der Waals surface area contributed by atoms with Crippen LogP contribution in [-0.2, 0) is 5.75 Å². The van der Waals surface area contributed by atoms with Crippen LogP contribution in [0.2, 0.25) is 0 Å². The second kappa shape index (κ2) is 5.99. The van der Waals surface area contributed by atoms with E-state index in [1.165, 1.54) is 11.8 Å². The van der Waals surface area contributed by atoms with E-state index >= 15 is 0 Å². The molecule has 3 rings (SSSR count). The molecule has 0 saturated carbocycles. The Morgan fingerprint density at radius 3 is 2.95 bits per heavy atom. The van der Waals surface area contributed by atoms with Gasteiger partial charge in [-0.1, -0.05) is 27.7 Å². The number of methoxy groups -OCH3 is 1. The van der Waals surface area contributed by atoms with Crippen molar-refractivity contribution in [2.75, 3.05) is 12.8 Å². The lowest BCUT2D eigenvalue weighted by molar-refractivity contribution is 0.411. The van der Waals surface area contributed by atoms with Crippen molar-refractivity contribution < 1.29 is 9.15 Å². The summed E-state index contributed by atoms with van der Waals surface area (Å²) < 4.78 is 12.1. The van der Waals surface area contributed by atoms with Gasteiger partial charge in [-0.2, -0.15) is 0 Å². The van der Waals surface area contributed by atoms with Gasteiger partial charge in [-0.15, -0.1) is 0 Å². The van der Waals surface area contributed by atoms with E-state index in [1.807, 2.05) is 30.3 Å². The van der Waals surface area contributed by atoms with Gasteiger partial charge in [0.25, 0.3) is 5.22 Å². The number of ether oxygens (including phenoxy) is 1. The number of nitrogens with zero attached hydrogens (tertiary/aromatic N) is 1. The average Bonchev–Trinajstić information content (AvgIpc) is 2.87. The van der Waals surface area contributed by atoms with Crippen LogP contribution >= 0.6 is 27.7 Å². The van der Waals surface area contributed by atoms with Crippen molar-refractivity contribution in [2.24, 2.45) is 0 Å². The molecule has 0 aliphatic carbocycles. The second-order valence-electron chi connectivity index (χ2n) is 4.45. The zero-order chi connectivity index (χ0) is 14.8. The average molecular weight is 365 g/mol. The Morgan fingerprint density at radius 2 is 2.14 bits per heavy atom. The van der Waals surface area contributed by atoms with Crippen LogP contribution in [0.4, 0.5) is 5.69 Å². The molecule has 1 heterocycles. The number of oxazole rings is 1. The van der Waals surface area contributed by atoms with Gasteiger partial charge >= 0.3 is 0 Å². The summed E-state index contributed by atoms with van der Waals surface area (Å²) >= 11 is 4.99. The van der Waals surface area contributed by atoms with Crippen molar-refractivity contribution in [1.82, 2.24) is 4.98 Å². The highest BCUT2D eigenvalue weighted by Gasteiger charge is 2.09. The molecule has 6 heteroatoms. The highest BCUT2D eigenvalue weighted by atomic mass is 79.9. The Hall–Kier alpha value is -1.66. The van der Waals surface area contributed by atoms with Crippen molar-refractivity contribution in [3.63, 3.8) is 0 Å². The number of rotatable bonds is 4. The lowest BCUT2D eigenvalue weighted by Crippen LogP contribution is -1.90. The van der Waals surface area contributed by atoms with Gasteiger partial charge in [0, 0.05) is 21.5 Å². The normalized spacial score (nSPS) is 11.0. The van der Waals surface area contributed by atoms with E-state index in [-0.39, 0.29) is 0 Å². The maximum Gasteiger partial charge on any atom is 0.257 e. The van der Waals surface area contributed by atoms with Crippen molar-refractivity contribution >= 4 is 44.5 Å². The van der Waals surface area contributed by atoms with E-state index in [4.69, 9.17) is 14.9 Å². The Balaban J connectivity index is 1.81. The van der Waals surface area contributed by atoms with E-state index < -0.39 is 0 Å². The van der Waals surface area contributed by atoms with E-state index in [0.29, 0.717) is 16.7 Å². The number of nitrogen functional groups attached to an aromatic ring is 1. The lowest BCUT2D eigenvalue weighted by atomic mass is 10.2. The van der Waals surface area contributed by atoms with Gasteiger partial charge in [0.05, 0.1) is 7.11 Å². The molecule has 0 unspecified atom stereocenters. The van der Waals surface area contributed by atoms with Crippen molar-refractivity contribution in [3.05, 3.63) is 46.4 Å². The molecule has 0 spiro atoms. The predicted octanol–water partition coefficient (Wildman–Crippen LogP) is 4.47. The number of fused-ring (bicyclic) bond motifs is 1. The molecule has 0 fully saturated rings. The van der Waals surface area contributed by atoms with Crippen LogP contribution in [0.1, 0.15) is 5.56 Å². The summed E-state index contributed by atoms with van der Waals surface area (Å²) in [4.78, 5) is 4.43. The van der Waals surface area contributed by atoms with Crippen LogP contribution in [0.25, 0.3) is 11.1 Å². The quantitative estimate of drug-likeness (QED) is 0.546. The zero-order valence-corrected chi connectivity index (χ0v) is 13.7. The van der Waals surface area contributed by atoms with Crippen LogP contribution in [0.5, 0.6) is 5.75 Å². The van der Waals surface area contributed by atoms with Crippen LogP contribution in [0, 0.1) is 0 Å². The molecule has 21 heavy (non-hydrogen) atoms. The summed E-state index contributed by atoms with van der Waals surface area (Å²) in [5.41, 5.74) is 9.03. The first-order valence-corrected chi connectivity index (χ1v) is 8.05. The number of nitrogens with two attached hydrogens (primary N) is 1. The van der Waals surface area contributed by atoms with Crippen LogP contribution in [0.15, 0.2) is 50.5 Å². The molecule has 0 amide bonds. The van der Waals surface area contributed by atoms with Crippen LogP contribution < -0.4 is 10.5 Å². The fourth-order valence-electron chi connectivity index (χ4n) is 1.98. The van der Waals surface area contributed by atoms with Crippen LogP contribution in [0.3, 0.4) is 0 Å². The molecule has 4 nitrogen and oxygen atoms in total. The summed E-state index contributed by atoms with van der Waals surface area (Å²) in [6.07, 6.45) is 0. The molecule has 1 aromatic heterocycles.